The maximum atomic E-state index is 13.2. The van der Waals surface area contributed by atoms with Gasteiger partial charge in [-0.3, -0.25) is 9.59 Å². The highest BCUT2D eigenvalue weighted by Crippen LogP contribution is 2.27. The minimum Gasteiger partial charge on any atom is -0.326 e. The summed E-state index contributed by atoms with van der Waals surface area (Å²) in [6, 6.07) is 17.5. The molecule has 2 aromatic carbocycles. The molecule has 0 fully saturated rings. The molecule has 1 atom stereocenters. The average Bonchev–Trinajstić information content (AvgIpc) is 2.85. The van der Waals surface area contributed by atoms with Crippen LogP contribution in [0.3, 0.4) is 0 Å². The number of amides is 2. The van der Waals surface area contributed by atoms with Crippen molar-refractivity contribution < 1.29 is 9.59 Å². The Morgan fingerprint density at radius 2 is 1.66 bits per heavy atom. The van der Waals surface area contributed by atoms with Crippen LogP contribution in [0.1, 0.15) is 50.7 Å². The molecule has 0 spiro atoms. The predicted molar refractivity (Wildman–Crippen MR) is 117 cm³/mol. The van der Waals surface area contributed by atoms with E-state index >= 15 is 0 Å². The molecule has 5 nitrogen and oxygen atoms in total. The van der Waals surface area contributed by atoms with Crippen molar-refractivity contribution >= 4 is 23.2 Å². The lowest BCUT2D eigenvalue weighted by Crippen LogP contribution is -2.47. The Kier molecular flexibility index (Phi) is 6.81. The molecule has 2 aromatic rings. The normalized spacial score (nSPS) is 16.3. The Morgan fingerprint density at radius 1 is 1.03 bits per heavy atom. The second-order valence-electron chi connectivity index (χ2n) is 7.44. The maximum Gasteiger partial charge on any atom is 0.272 e. The van der Waals surface area contributed by atoms with Gasteiger partial charge in [0.1, 0.15) is 0 Å². The number of likely N-dealkylation sites (N-methyl/N-ethyl adjacent to an activating group) is 1. The Balaban J connectivity index is 2.01. The lowest BCUT2D eigenvalue weighted by molar-refractivity contribution is -0.130. The van der Waals surface area contributed by atoms with Gasteiger partial charge in [-0.2, -0.15) is 0 Å². The highest BCUT2D eigenvalue weighted by atomic mass is 16.2. The zero-order valence-electron chi connectivity index (χ0n) is 17.4. The van der Waals surface area contributed by atoms with E-state index in [1.165, 1.54) is 0 Å². The molecule has 1 heterocycles. The monoisotopic (exact) mass is 391 g/mol. The van der Waals surface area contributed by atoms with Gasteiger partial charge >= 0.3 is 0 Å². The molecule has 3 rings (SSSR count). The summed E-state index contributed by atoms with van der Waals surface area (Å²) in [5, 5.41) is 2.93. The van der Waals surface area contributed by atoms with Gasteiger partial charge in [0.25, 0.3) is 5.91 Å². The first-order valence-corrected chi connectivity index (χ1v) is 10.4. The van der Waals surface area contributed by atoms with Crippen LogP contribution in [0.15, 0.2) is 59.6 Å². The van der Waals surface area contributed by atoms with E-state index in [1.807, 2.05) is 54.6 Å². The topological polar surface area (TPSA) is 61.8 Å². The second kappa shape index (κ2) is 9.50. The van der Waals surface area contributed by atoms with Gasteiger partial charge in [0.2, 0.25) is 12.1 Å². The molecule has 0 aromatic heterocycles. The largest absolute Gasteiger partial charge is 0.326 e. The van der Waals surface area contributed by atoms with Crippen molar-refractivity contribution in [1.82, 2.24) is 5.32 Å². The van der Waals surface area contributed by atoms with Gasteiger partial charge < -0.3 is 10.2 Å². The first kappa shape index (κ1) is 20.8. The third-order valence-electron chi connectivity index (χ3n) is 5.31. The first-order chi connectivity index (χ1) is 14.1. The number of hydrogen-bond acceptors (Lipinski definition) is 3. The van der Waals surface area contributed by atoms with Gasteiger partial charge in [0, 0.05) is 24.1 Å². The van der Waals surface area contributed by atoms with Crippen molar-refractivity contribution in [3.8, 4) is 0 Å². The van der Waals surface area contributed by atoms with Crippen LogP contribution in [0.2, 0.25) is 0 Å². The molecule has 2 amide bonds. The van der Waals surface area contributed by atoms with E-state index in [9.17, 15) is 9.59 Å². The highest BCUT2D eigenvalue weighted by Gasteiger charge is 2.32. The minimum atomic E-state index is -0.939. The molecular weight excluding hydrogens is 362 g/mol. The summed E-state index contributed by atoms with van der Waals surface area (Å²) < 4.78 is 0. The second-order valence-corrected chi connectivity index (χ2v) is 7.44. The molecule has 1 unspecified atom stereocenters. The van der Waals surface area contributed by atoms with Crippen molar-refractivity contribution in [1.29, 1.82) is 0 Å². The van der Waals surface area contributed by atoms with Crippen molar-refractivity contribution in [2.24, 2.45) is 10.9 Å². The molecule has 152 valence electrons. The molecular formula is C24H29N3O2. The Bertz CT molecular complexity index is 886. The summed E-state index contributed by atoms with van der Waals surface area (Å²) in [6.07, 6.45) is 2.55. The van der Waals surface area contributed by atoms with Crippen LogP contribution >= 0.6 is 0 Å². The predicted octanol–water partition coefficient (Wildman–Crippen LogP) is 4.16. The zero-order valence-corrected chi connectivity index (χ0v) is 17.4. The molecule has 0 aliphatic carbocycles. The summed E-state index contributed by atoms with van der Waals surface area (Å²) in [5.41, 5.74) is 3.30. The molecule has 0 bridgehead atoms. The summed E-state index contributed by atoms with van der Waals surface area (Å²) >= 11 is 0. The number of para-hydroxylation sites is 1. The molecule has 1 aliphatic rings. The van der Waals surface area contributed by atoms with Crippen molar-refractivity contribution in [2.75, 3.05) is 11.9 Å². The minimum absolute atomic E-state index is 0.0934. The zero-order chi connectivity index (χ0) is 20.8. The van der Waals surface area contributed by atoms with E-state index in [2.05, 4.69) is 19.2 Å². The number of rotatable bonds is 7. The number of fused-ring (bicyclic) bond motifs is 1. The van der Waals surface area contributed by atoms with Gasteiger partial charge in [-0.25, -0.2) is 4.99 Å². The van der Waals surface area contributed by atoms with Gasteiger partial charge in [-0.05, 0) is 18.9 Å². The number of carbonyl (C=O) groups is 2. The van der Waals surface area contributed by atoms with Gasteiger partial charge in [0.05, 0.1) is 11.4 Å². The Hall–Kier alpha value is -2.95. The quantitative estimate of drug-likeness (QED) is 0.770. The average molecular weight is 392 g/mol. The molecule has 0 radical (unpaired) electrons. The van der Waals surface area contributed by atoms with E-state index < -0.39 is 6.17 Å². The summed E-state index contributed by atoms with van der Waals surface area (Å²) in [7, 11) is 1.74. The van der Waals surface area contributed by atoms with Gasteiger partial charge in [-0.15, -0.1) is 0 Å². The third kappa shape index (κ3) is 4.56. The van der Waals surface area contributed by atoms with Crippen LogP contribution in [-0.2, 0) is 9.59 Å². The van der Waals surface area contributed by atoms with Crippen LogP contribution in [0.4, 0.5) is 5.69 Å². The fraction of sp³-hybridized carbons (Fsp3) is 0.375. The number of benzene rings is 2. The standard InChI is InChI=1S/C24H29N3O2/c1-4-11-18(12-5-2)23(28)26-22-24(29)27(3)20-16-10-9-15-19(20)21(25-22)17-13-7-6-8-14-17/h6-10,13-16,18,22H,4-5,11-12H2,1-3H3,(H,26,28). The van der Waals surface area contributed by atoms with Crippen LogP contribution in [0, 0.1) is 5.92 Å². The van der Waals surface area contributed by atoms with E-state index in [0.717, 1.165) is 42.5 Å². The highest BCUT2D eigenvalue weighted by molar-refractivity contribution is 6.20. The van der Waals surface area contributed by atoms with Crippen LogP contribution in [-0.4, -0.2) is 30.7 Å². The van der Waals surface area contributed by atoms with Crippen LogP contribution in [0.5, 0.6) is 0 Å². The molecule has 0 saturated heterocycles. The Morgan fingerprint density at radius 3 is 2.31 bits per heavy atom. The first-order valence-electron chi connectivity index (χ1n) is 10.4. The van der Waals surface area contributed by atoms with E-state index in [4.69, 9.17) is 4.99 Å². The molecule has 1 aliphatic heterocycles. The van der Waals surface area contributed by atoms with Crippen molar-refractivity contribution in [3.63, 3.8) is 0 Å². The van der Waals surface area contributed by atoms with E-state index in [0.29, 0.717) is 5.71 Å². The number of nitrogens with one attached hydrogen (secondary N) is 1. The number of benzodiazepines with no additional fused rings is 1. The number of nitrogens with zero attached hydrogens (tertiary/aromatic N) is 2. The summed E-state index contributed by atoms with van der Waals surface area (Å²) in [5.74, 6) is -0.421. The molecule has 5 heteroatoms. The van der Waals surface area contributed by atoms with Crippen molar-refractivity contribution in [2.45, 2.75) is 45.7 Å². The lowest BCUT2D eigenvalue weighted by Gasteiger charge is -2.22. The van der Waals surface area contributed by atoms with Gasteiger partial charge in [0.15, 0.2) is 0 Å². The summed E-state index contributed by atoms with van der Waals surface area (Å²) in [4.78, 5) is 32.4. The van der Waals surface area contributed by atoms with Crippen LogP contribution < -0.4 is 10.2 Å². The van der Waals surface area contributed by atoms with E-state index in [1.54, 1.807) is 11.9 Å². The lowest BCUT2D eigenvalue weighted by atomic mass is 9.97. The molecule has 0 saturated carbocycles. The Labute approximate surface area is 172 Å². The fourth-order valence-electron chi connectivity index (χ4n) is 3.80. The molecule has 1 N–H and O–H groups in total. The van der Waals surface area contributed by atoms with Gasteiger partial charge in [-0.1, -0.05) is 75.2 Å². The third-order valence-corrected chi connectivity index (χ3v) is 5.31. The number of carbonyl (C=O) groups excluding carboxylic acids is 2. The fourth-order valence-corrected chi connectivity index (χ4v) is 3.80. The molecule has 29 heavy (non-hydrogen) atoms. The van der Waals surface area contributed by atoms with Crippen molar-refractivity contribution in [3.05, 3.63) is 65.7 Å². The number of hydrogen-bond donors (Lipinski definition) is 1. The number of anilines is 1. The van der Waals surface area contributed by atoms with Crippen LogP contribution in [0.25, 0.3) is 0 Å². The SMILES string of the molecule is CCCC(CCC)C(=O)NC1N=C(c2ccccc2)c2ccccc2N(C)C1=O. The van der Waals surface area contributed by atoms with E-state index in [-0.39, 0.29) is 17.7 Å². The smallest absolute Gasteiger partial charge is 0.272 e. The summed E-state index contributed by atoms with van der Waals surface area (Å²) in [6.45, 7) is 4.14. The maximum absolute atomic E-state index is 13.2. The number of aliphatic imine (C=N–C) groups is 1.